The van der Waals surface area contributed by atoms with Gasteiger partial charge in [-0.2, -0.15) is 13.5 Å². The fourth-order valence-electron chi connectivity index (χ4n) is 0.850. The number of hydrogen-bond acceptors (Lipinski definition) is 6. The Bertz CT molecular complexity index is 363. The van der Waals surface area contributed by atoms with Crippen LogP contribution in [0.1, 0.15) is 6.42 Å². The third-order valence-corrected chi connectivity index (χ3v) is 2.29. The first-order chi connectivity index (χ1) is 7.13. The molecule has 0 aliphatic carbocycles. The molecule has 0 bridgehead atoms. The van der Waals surface area contributed by atoms with E-state index in [1.54, 1.807) is 0 Å². The Morgan fingerprint density at radius 2 is 1.75 bits per heavy atom. The summed E-state index contributed by atoms with van der Waals surface area (Å²) in [6.07, 6.45) is -0.892. The Hall–Kier alpha value is -1.23. The zero-order valence-electron chi connectivity index (χ0n) is 7.98. The second-order valence-corrected chi connectivity index (χ2v) is 4.47. The molecule has 0 aromatic rings. The predicted molar refractivity (Wildman–Crippen MR) is 48.6 cm³/mol. The summed E-state index contributed by atoms with van der Waals surface area (Å²) in [4.78, 5) is 20.8. The van der Waals surface area contributed by atoms with E-state index in [4.69, 9.17) is 20.0 Å². The van der Waals surface area contributed by atoms with E-state index in [2.05, 4.69) is 0 Å². The largest absolute Gasteiger partial charge is 0.481 e. The van der Waals surface area contributed by atoms with Crippen molar-refractivity contribution in [2.75, 3.05) is 12.3 Å². The van der Waals surface area contributed by atoms with Gasteiger partial charge in [-0.25, -0.2) is 0 Å². The number of aliphatic carboxylic acids is 2. The highest BCUT2D eigenvalue weighted by Crippen LogP contribution is 2.02. The first-order valence-corrected chi connectivity index (χ1v) is 5.59. The summed E-state index contributed by atoms with van der Waals surface area (Å²) in [6, 6.07) is -1.76. The van der Waals surface area contributed by atoms with Crippen molar-refractivity contribution in [3.05, 3.63) is 0 Å². The SMILES string of the molecule is O=C(O)C[C@@H](C(=O)O)N(O)CCS(=O)(=O)O. The van der Waals surface area contributed by atoms with E-state index >= 15 is 0 Å². The van der Waals surface area contributed by atoms with Gasteiger partial charge < -0.3 is 15.4 Å². The molecular weight excluding hydrogens is 246 g/mol. The maximum atomic E-state index is 10.5. The van der Waals surface area contributed by atoms with E-state index in [9.17, 15) is 18.0 Å². The third kappa shape index (κ3) is 6.29. The molecule has 0 aliphatic rings. The number of hydroxylamine groups is 2. The Labute approximate surface area is 90.6 Å². The van der Waals surface area contributed by atoms with Gasteiger partial charge in [0.2, 0.25) is 0 Å². The van der Waals surface area contributed by atoms with Crippen LogP contribution in [0.25, 0.3) is 0 Å². The zero-order valence-corrected chi connectivity index (χ0v) is 8.79. The Kier molecular flexibility index (Phi) is 5.30. The summed E-state index contributed by atoms with van der Waals surface area (Å²) >= 11 is 0. The smallest absolute Gasteiger partial charge is 0.323 e. The van der Waals surface area contributed by atoms with Crippen LogP contribution >= 0.6 is 0 Å². The van der Waals surface area contributed by atoms with Crippen molar-refractivity contribution in [2.24, 2.45) is 0 Å². The number of nitrogens with zero attached hydrogens (tertiary/aromatic N) is 1. The van der Waals surface area contributed by atoms with Crippen molar-refractivity contribution in [3.8, 4) is 0 Å². The summed E-state index contributed by atoms with van der Waals surface area (Å²) in [7, 11) is -4.35. The lowest BCUT2D eigenvalue weighted by molar-refractivity contribution is -0.174. The monoisotopic (exact) mass is 257 g/mol. The summed E-state index contributed by atoms with van der Waals surface area (Å²) < 4.78 is 28.9. The number of hydrogen-bond donors (Lipinski definition) is 4. The Balaban J connectivity index is 4.45. The van der Waals surface area contributed by atoms with E-state index in [0.29, 0.717) is 0 Å². The summed E-state index contributed by atoms with van der Waals surface area (Å²) in [5.41, 5.74) is 0. The maximum Gasteiger partial charge on any atom is 0.323 e. The van der Waals surface area contributed by atoms with Gasteiger partial charge in [0, 0.05) is 6.54 Å². The van der Waals surface area contributed by atoms with Gasteiger partial charge in [-0.15, -0.1) is 0 Å². The van der Waals surface area contributed by atoms with Crippen molar-refractivity contribution in [3.63, 3.8) is 0 Å². The first kappa shape index (κ1) is 14.8. The van der Waals surface area contributed by atoms with Crippen LogP contribution in [0.4, 0.5) is 0 Å². The molecule has 0 fully saturated rings. The lowest BCUT2D eigenvalue weighted by Crippen LogP contribution is -2.42. The standard InChI is InChI=1S/C6H11NO8S/c8-5(9)3-4(6(10)11)7(12)1-2-16(13,14)15/h4,12H,1-3H2,(H,8,9)(H,10,11)(H,13,14,15)/t4-/m0/s1. The quantitative estimate of drug-likeness (QED) is 0.315. The average Bonchev–Trinajstić information content (AvgIpc) is 2.08. The van der Waals surface area contributed by atoms with Crippen molar-refractivity contribution in [1.29, 1.82) is 0 Å². The topological polar surface area (TPSA) is 152 Å². The van der Waals surface area contributed by atoms with E-state index in [0.717, 1.165) is 0 Å². The van der Waals surface area contributed by atoms with Gasteiger partial charge in [0.05, 0.1) is 12.2 Å². The van der Waals surface area contributed by atoms with Gasteiger partial charge in [-0.3, -0.25) is 14.1 Å². The van der Waals surface area contributed by atoms with Crippen molar-refractivity contribution in [1.82, 2.24) is 5.06 Å². The lowest BCUT2D eigenvalue weighted by atomic mass is 10.2. The van der Waals surface area contributed by atoms with Crippen LogP contribution in [0, 0.1) is 0 Å². The minimum Gasteiger partial charge on any atom is -0.481 e. The fraction of sp³-hybridized carbons (Fsp3) is 0.667. The van der Waals surface area contributed by atoms with E-state index in [1.165, 1.54) is 0 Å². The highest BCUT2D eigenvalue weighted by Gasteiger charge is 2.27. The number of carbonyl (C=O) groups is 2. The normalized spacial score (nSPS) is 13.7. The van der Waals surface area contributed by atoms with Gasteiger partial charge >= 0.3 is 11.9 Å². The van der Waals surface area contributed by atoms with Crippen LogP contribution in [0.5, 0.6) is 0 Å². The molecule has 0 heterocycles. The maximum absolute atomic E-state index is 10.5. The molecule has 0 saturated heterocycles. The molecule has 0 saturated carbocycles. The molecule has 10 heteroatoms. The highest BCUT2D eigenvalue weighted by molar-refractivity contribution is 7.85. The molecule has 0 radical (unpaired) electrons. The van der Waals surface area contributed by atoms with Crippen LogP contribution < -0.4 is 0 Å². The fourth-order valence-corrected chi connectivity index (χ4v) is 1.27. The van der Waals surface area contributed by atoms with Crippen LogP contribution in [0.3, 0.4) is 0 Å². The number of carboxylic acids is 2. The van der Waals surface area contributed by atoms with Gasteiger partial charge in [-0.05, 0) is 0 Å². The molecule has 0 amide bonds. The molecule has 0 rings (SSSR count). The summed E-state index contributed by atoms with van der Waals surface area (Å²) in [6.45, 7) is -0.705. The molecule has 0 spiro atoms. The van der Waals surface area contributed by atoms with E-state index < -0.39 is 46.8 Å². The van der Waals surface area contributed by atoms with Gasteiger partial charge in [0.15, 0.2) is 0 Å². The molecule has 0 aromatic heterocycles. The molecule has 94 valence electrons. The molecule has 0 unspecified atom stereocenters. The molecule has 0 aliphatic heterocycles. The van der Waals surface area contributed by atoms with E-state index in [1.807, 2.05) is 0 Å². The lowest BCUT2D eigenvalue weighted by Gasteiger charge is -2.20. The van der Waals surface area contributed by atoms with Crippen LogP contribution in [0.2, 0.25) is 0 Å². The van der Waals surface area contributed by atoms with Crippen molar-refractivity contribution >= 4 is 22.1 Å². The molecule has 9 nitrogen and oxygen atoms in total. The molecule has 0 aromatic carbocycles. The van der Waals surface area contributed by atoms with E-state index in [-0.39, 0.29) is 5.06 Å². The molecule has 4 N–H and O–H groups in total. The predicted octanol–water partition coefficient (Wildman–Crippen LogP) is -1.51. The minimum absolute atomic E-state index is 0.0459. The van der Waals surface area contributed by atoms with Gasteiger partial charge in [-0.1, -0.05) is 0 Å². The zero-order chi connectivity index (χ0) is 12.9. The van der Waals surface area contributed by atoms with Gasteiger partial charge in [0.1, 0.15) is 6.04 Å². The van der Waals surface area contributed by atoms with Crippen LogP contribution in [-0.2, 0) is 19.7 Å². The molecule has 16 heavy (non-hydrogen) atoms. The summed E-state index contributed by atoms with van der Waals surface area (Å²) in [5.74, 6) is -3.97. The Morgan fingerprint density at radius 1 is 1.25 bits per heavy atom. The minimum atomic E-state index is -4.35. The Morgan fingerprint density at radius 3 is 2.06 bits per heavy atom. The number of rotatable bonds is 7. The average molecular weight is 257 g/mol. The van der Waals surface area contributed by atoms with Crippen molar-refractivity contribution < 1.29 is 38.0 Å². The van der Waals surface area contributed by atoms with Crippen molar-refractivity contribution in [2.45, 2.75) is 12.5 Å². The van der Waals surface area contributed by atoms with Crippen LogP contribution in [-0.4, -0.2) is 63.7 Å². The first-order valence-electron chi connectivity index (χ1n) is 3.98. The number of carboxylic acid groups (broad SMARTS) is 2. The van der Waals surface area contributed by atoms with Gasteiger partial charge in [0.25, 0.3) is 10.1 Å². The second-order valence-electron chi connectivity index (χ2n) is 2.90. The highest BCUT2D eigenvalue weighted by atomic mass is 32.2. The molecule has 1 atom stereocenters. The summed E-state index contributed by atoms with van der Waals surface area (Å²) in [5, 5.41) is 26.0. The van der Waals surface area contributed by atoms with Crippen LogP contribution in [0.15, 0.2) is 0 Å². The second kappa shape index (κ2) is 5.75. The molecular formula is C6H11NO8S. The third-order valence-electron chi connectivity index (χ3n) is 1.59.